The Hall–Kier alpha value is -3.65. The Labute approximate surface area is 178 Å². The highest BCUT2D eigenvalue weighted by Gasteiger charge is 2.23. The van der Waals surface area contributed by atoms with Gasteiger partial charge >= 0.3 is 0 Å². The summed E-state index contributed by atoms with van der Waals surface area (Å²) in [4.78, 5) is 13.2. The van der Waals surface area contributed by atoms with Crippen molar-refractivity contribution in [3.8, 4) is 40.1 Å². The predicted molar refractivity (Wildman–Crippen MR) is 113 cm³/mol. The molecule has 8 heteroatoms. The molecule has 2 aromatic carbocycles. The average molecular weight is 426 g/mol. The molecular weight excluding hydrogens is 404 g/mol. The van der Waals surface area contributed by atoms with E-state index >= 15 is 0 Å². The van der Waals surface area contributed by atoms with Gasteiger partial charge in [-0.15, -0.1) is 0 Å². The van der Waals surface area contributed by atoms with Crippen LogP contribution in [0.3, 0.4) is 0 Å². The van der Waals surface area contributed by atoms with Crippen molar-refractivity contribution in [2.45, 2.75) is 13.0 Å². The second-order valence-electron chi connectivity index (χ2n) is 7.03. The Balaban J connectivity index is 1.85. The largest absolute Gasteiger partial charge is 0.496 e. The number of hydrogen-bond donors (Lipinski definition) is 1. The summed E-state index contributed by atoms with van der Waals surface area (Å²) < 4.78 is 33.3. The number of aliphatic hydroxyl groups is 1. The molecule has 0 radical (unpaired) electrons. The zero-order valence-electron chi connectivity index (χ0n) is 17.4. The number of rotatable bonds is 7. The SMILES string of the molecule is C=C(C)C(O)COc1cc(OC)c2c(=O)c(OC)c(-c3ccc4c(c3)OCO4)oc2c1. The van der Waals surface area contributed by atoms with Crippen molar-refractivity contribution in [1.29, 1.82) is 0 Å². The van der Waals surface area contributed by atoms with Gasteiger partial charge in [0.2, 0.25) is 18.0 Å². The number of fused-ring (bicyclic) bond motifs is 2. The molecule has 2 heterocycles. The molecule has 1 atom stereocenters. The molecule has 162 valence electrons. The summed E-state index contributed by atoms with van der Waals surface area (Å²) >= 11 is 0. The smallest absolute Gasteiger partial charge is 0.239 e. The van der Waals surface area contributed by atoms with E-state index in [4.69, 9.17) is 28.1 Å². The fraction of sp³-hybridized carbons (Fsp3) is 0.261. The van der Waals surface area contributed by atoms with E-state index in [1.165, 1.54) is 14.2 Å². The molecule has 1 aromatic heterocycles. The van der Waals surface area contributed by atoms with Crippen LogP contribution < -0.4 is 29.1 Å². The Morgan fingerprint density at radius 1 is 1.16 bits per heavy atom. The molecule has 0 fully saturated rings. The van der Waals surface area contributed by atoms with E-state index < -0.39 is 6.10 Å². The maximum atomic E-state index is 13.2. The third kappa shape index (κ3) is 3.77. The lowest BCUT2D eigenvalue weighted by molar-refractivity contribution is 0.135. The fourth-order valence-electron chi connectivity index (χ4n) is 3.22. The van der Waals surface area contributed by atoms with Crippen LogP contribution in [-0.4, -0.2) is 38.8 Å². The molecular formula is C23H22O8. The van der Waals surface area contributed by atoms with E-state index in [9.17, 15) is 9.90 Å². The predicted octanol–water partition coefficient (Wildman–Crippen LogP) is 3.52. The van der Waals surface area contributed by atoms with Crippen LogP contribution in [0.5, 0.6) is 28.7 Å². The maximum Gasteiger partial charge on any atom is 0.239 e. The lowest BCUT2D eigenvalue weighted by atomic mass is 10.1. The summed E-state index contributed by atoms with van der Waals surface area (Å²) in [5, 5.41) is 10.2. The third-order valence-electron chi connectivity index (χ3n) is 4.93. The molecule has 1 aliphatic heterocycles. The van der Waals surface area contributed by atoms with Gasteiger partial charge in [-0.1, -0.05) is 6.58 Å². The Kier molecular flexibility index (Phi) is 5.48. The van der Waals surface area contributed by atoms with E-state index in [-0.39, 0.29) is 47.1 Å². The van der Waals surface area contributed by atoms with Crippen LogP contribution in [0.15, 0.2) is 51.7 Å². The number of aliphatic hydroxyl groups excluding tert-OH is 1. The summed E-state index contributed by atoms with van der Waals surface area (Å²) in [6.45, 7) is 5.54. The fourth-order valence-corrected chi connectivity index (χ4v) is 3.22. The monoisotopic (exact) mass is 426 g/mol. The van der Waals surface area contributed by atoms with Crippen LogP contribution in [0.4, 0.5) is 0 Å². The Morgan fingerprint density at radius 2 is 1.94 bits per heavy atom. The standard InChI is InChI=1S/C23H22O8/c1-12(2)15(24)10-28-14-8-18(26-3)20-19(9-14)31-22(23(27-4)21(20)25)13-5-6-16-17(7-13)30-11-29-16/h5-9,15,24H,1,10-11H2,2-4H3. The van der Waals surface area contributed by atoms with E-state index in [2.05, 4.69) is 6.58 Å². The number of hydrogen-bond acceptors (Lipinski definition) is 8. The molecule has 0 amide bonds. The molecule has 31 heavy (non-hydrogen) atoms. The molecule has 0 spiro atoms. The average Bonchev–Trinajstić information content (AvgIpc) is 3.24. The molecule has 8 nitrogen and oxygen atoms in total. The molecule has 0 bridgehead atoms. The van der Waals surface area contributed by atoms with Crippen LogP contribution >= 0.6 is 0 Å². The van der Waals surface area contributed by atoms with Gasteiger partial charge in [0.15, 0.2) is 17.3 Å². The minimum Gasteiger partial charge on any atom is -0.496 e. The van der Waals surface area contributed by atoms with Crippen molar-refractivity contribution < 1.29 is 33.2 Å². The van der Waals surface area contributed by atoms with E-state index in [0.717, 1.165) is 0 Å². The van der Waals surface area contributed by atoms with E-state index in [1.54, 1.807) is 37.3 Å². The Bertz CT molecular complexity index is 1210. The molecule has 0 aliphatic carbocycles. The van der Waals surface area contributed by atoms with Gasteiger partial charge in [-0.3, -0.25) is 4.79 Å². The first-order valence-electron chi connectivity index (χ1n) is 9.52. The summed E-state index contributed by atoms with van der Waals surface area (Å²) in [5.41, 5.74) is 1.02. The van der Waals surface area contributed by atoms with Crippen molar-refractivity contribution in [1.82, 2.24) is 0 Å². The van der Waals surface area contributed by atoms with Crippen LogP contribution in [0.2, 0.25) is 0 Å². The normalized spacial score (nSPS) is 13.2. The molecule has 0 saturated heterocycles. The lowest BCUT2D eigenvalue weighted by Crippen LogP contribution is -2.18. The zero-order valence-corrected chi connectivity index (χ0v) is 17.4. The molecule has 0 saturated carbocycles. The molecule has 1 N–H and O–H groups in total. The van der Waals surface area contributed by atoms with Crippen molar-refractivity contribution in [3.63, 3.8) is 0 Å². The van der Waals surface area contributed by atoms with Crippen molar-refractivity contribution in [3.05, 3.63) is 52.7 Å². The van der Waals surface area contributed by atoms with Crippen molar-refractivity contribution in [2.24, 2.45) is 0 Å². The highest BCUT2D eigenvalue weighted by atomic mass is 16.7. The Morgan fingerprint density at radius 3 is 2.65 bits per heavy atom. The van der Waals surface area contributed by atoms with E-state index in [0.29, 0.717) is 28.4 Å². The summed E-state index contributed by atoms with van der Waals surface area (Å²) in [6, 6.07) is 8.33. The summed E-state index contributed by atoms with van der Waals surface area (Å²) in [7, 11) is 2.84. The summed E-state index contributed by atoms with van der Waals surface area (Å²) in [5.74, 6) is 2.07. The van der Waals surface area contributed by atoms with Gasteiger partial charge in [0, 0.05) is 17.7 Å². The minimum atomic E-state index is -0.825. The first-order valence-corrected chi connectivity index (χ1v) is 9.52. The van der Waals surface area contributed by atoms with Crippen LogP contribution in [0.1, 0.15) is 6.92 Å². The first kappa shape index (κ1) is 20.6. The zero-order chi connectivity index (χ0) is 22.1. The maximum absolute atomic E-state index is 13.2. The van der Waals surface area contributed by atoms with Gasteiger partial charge < -0.3 is 33.2 Å². The second kappa shape index (κ2) is 8.23. The molecule has 4 rings (SSSR count). The lowest BCUT2D eigenvalue weighted by Gasteiger charge is -2.15. The number of benzene rings is 2. The van der Waals surface area contributed by atoms with Gasteiger partial charge in [0.1, 0.15) is 35.2 Å². The van der Waals surface area contributed by atoms with Gasteiger partial charge in [-0.2, -0.15) is 0 Å². The van der Waals surface area contributed by atoms with Crippen molar-refractivity contribution >= 4 is 11.0 Å². The molecule has 3 aromatic rings. The topological polar surface area (TPSA) is 96.6 Å². The van der Waals surface area contributed by atoms with Crippen LogP contribution in [0, 0.1) is 0 Å². The molecule has 1 unspecified atom stereocenters. The minimum absolute atomic E-state index is 0.000596. The second-order valence-corrected chi connectivity index (χ2v) is 7.03. The van der Waals surface area contributed by atoms with Gasteiger partial charge in [0.25, 0.3) is 0 Å². The highest BCUT2D eigenvalue weighted by Crippen LogP contribution is 2.40. The number of methoxy groups -OCH3 is 2. The van der Waals surface area contributed by atoms with Crippen molar-refractivity contribution in [2.75, 3.05) is 27.6 Å². The molecule has 1 aliphatic rings. The number of ether oxygens (including phenoxy) is 5. The third-order valence-corrected chi connectivity index (χ3v) is 4.93. The van der Waals surface area contributed by atoms with Crippen LogP contribution in [0.25, 0.3) is 22.3 Å². The van der Waals surface area contributed by atoms with Gasteiger partial charge in [0.05, 0.1) is 14.2 Å². The quantitative estimate of drug-likeness (QED) is 0.574. The summed E-state index contributed by atoms with van der Waals surface area (Å²) in [6.07, 6.45) is -0.825. The van der Waals surface area contributed by atoms with Gasteiger partial charge in [-0.05, 0) is 30.7 Å². The first-order chi connectivity index (χ1) is 14.9. The highest BCUT2D eigenvalue weighted by molar-refractivity contribution is 5.88. The van der Waals surface area contributed by atoms with Crippen LogP contribution in [-0.2, 0) is 0 Å². The van der Waals surface area contributed by atoms with E-state index in [1.807, 2.05) is 0 Å². The van der Waals surface area contributed by atoms with Gasteiger partial charge in [-0.25, -0.2) is 0 Å².